The molecule has 2 aromatic rings. The highest BCUT2D eigenvalue weighted by Crippen LogP contribution is 2.41. The van der Waals surface area contributed by atoms with E-state index >= 15 is 0 Å². The molecule has 0 radical (unpaired) electrons. The molecule has 2 aliphatic heterocycles. The minimum Gasteiger partial charge on any atom is -0.496 e. The van der Waals surface area contributed by atoms with Gasteiger partial charge < -0.3 is 24.4 Å². The highest BCUT2D eigenvalue weighted by Gasteiger charge is 2.47. The molecule has 2 aliphatic rings. The molecule has 1 N–H and O–H groups in total. The summed E-state index contributed by atoms with van der Waals surface area (Å²) in [6.07, 6.45) is 6.06. The first-order valence-corrected chi connectivity index (χ1v) is 15.6. The molecule has 42 heavy (non-hydrogen) atoms. The van der Waals surface area contributed by atoms with Gasteiger partial charge in [-0.15, -0.1) is 0 Å². The number of rotatable bonds is 16. The van der Waals surface area contributed by atoms with E-state index in [-0.39, 0.29) is 24.4 Å². The van der Waals surface area contributed by atoms with Gasteiger partial charge in [-0.2, -0.15) is 0 Å². The second-order valence-corrected chi connectivity index (χ2v) is 12.0. The van der Waals surface area contributed by atoms with Crippen molar-refractivity contribution in [3.63, 3.8) is 0 Å². The minimum atomic E-state index is -0.789. The SMILES string of the molecule is CCCCN(CCCN(C)C)C(=O)CN1C[C@H](c2ccc3c(c2)CCO3)[C@@H](C(=O)O)[C@@H]1CCCc1ccccc1OC. The molecule has 4 rings (SSSR count). The van der Waals surface area contributed by atoms with Crippen LogP contribution in [-0.2, 0) is 22.4 Å². The summed E-state index contributed by atoms with van der Waals surface area (Å²) in [4.78, 5) is 33.0. The zero-order valence-corrected chi connectivity index (χ0v) is 25.9. The highest BCUT2D eigenvalue weighted by atomic mass is 16.5. The molecular weight excluding hydrogens is 530 g/mol. The smallest absolute Gasteiger partial charge is 0.308 e. The third-order valence-corrected chi connectivity index (χ3v) is 8.82. The van der Waals surface area contributed by atoms with Crippen LogP contribution in [-0.4, -0.2) is 98.3 Å². The fourth-order valence-corrected chi connectivity index (χ4v) is 6.60. The van der Waals surface area contributed by atoms with Crippen LogP contribution < -0.4 is 9.47 Å². The number of amides is 1. The van der Waals surface area contributed by atoms with Gasteiger partial charge in [0.05, 0.1) is 26.2 Å². The predicted octanol–water partition coefficient (Wildman–Crippen LogP) is 4.70. The van der Waals surface area contributed by atoms with Crippen molar-refractivity contribution in [1.29, 1.82) is 0 Å². The first kappa shape index (κ1) is 31.8. The number of carboxylic acids is 1. The number of carboxylic acid groups (broad SMARTS) is 1. The van der Waals surface area contributed by atoms with E-state index in [9.17, 15) is 14.7 Å². The standard InChI is InChI=1S/C34H49N3O5/c1-5-6-19-36(20-10-18-35(2)3)32(38)24-37-23-28(26-15-16-31-27(22-26)17-21-42-31)33(34(39)40)29(37)13-9-12-25-11-7-8-14-30(25)41-4/h7-8,11,14-16,22,28-29,33H,5-6,9-10,12-13,17-21,23-24H2,1-4H3,(H,39,40)/t28-,29+,33-/m1/s1. The number of likely N-dealkylation sites (tertiary alicyclic amines) is 1. The van der Waals surface area contributed by atoms with Crippen LogP contribution in [0.1, 0.15) is 61.6 Å². The van der Waals surface area contributed by atoms with Gasteiger partial charge in [0.15, 0.2) is 0 Å². The average molecular weight is 580 g/mol. The van der Waals surface area contributed by atoms with Crippen molar-refractivity contribution in [2.45, 2.75) is 63.8 Å². The van der Waals surface area contributed by atoms with E-state index in [0.29, 0.717) is 19.6 Å². The van der Waals surface area contributed by atoms with Crippen molar-refractivity contribution >= 4 is 11.9 Å². The fourth-order valence-electron chi connectivity index (χ4n) is 6.60. The summed E-state index contributed by atoms with van der Waals surface area (Å²) in [7, 11) is 5.78. The number of carbonyl (C=O) groups is 2. The summed E-state index contributed by atoms with van der Waals surface area (Å²) in [5.74, 6) is 0.289. The molecule has 230 valence electrons. The highest BCUT2D eigenvalue weighted by molar-refractivity contribution is 5.79. The first-order valence-electron chi connectivity index (χ1n) is 15.6. The van der Waals surface area contributed by atoms with Crippen molar-refractivity contribution in [2.24, 2.45) is 5.92 Å². The number of fused-ring (bicyclic) bond motifs is 1. The van der Waals surface area contributed by atoms with Crippen LogP contribution in [0.25, 0.3) is 0 Å². The van der Waals surface area contributed by atoms with Crippen LogP contribution in [0.15, 0.2) is 42.5 Å². The molecule has 1 amide bonds. The monoisotopic (exact) mass is 579 g/mol. The Bertz CT molecular complexity index is 1190. The third-order valence-electron chi connectivity index (χ3n) is 8.82. The number of hydrogen-bond acceptors (Lipinski definition) is 6. The Hall–Kier alpha value is -3.10. The Morgan fingerprint density at radius 1 is 1.07 bits per heavy atom. The topological polar surface area (TPSA) is 82.5 Å². The molecule has 1 saturated heterocycles. The molecule has 0 aromatic heterocycles. The molecular formula is C34H49N3O5. The molecule has 1 fully saturated rings. The molecule has 0 aliphatic carbocycles. The molecule has 2 aromatic carbocycles. The van der Waals surface area contributed by atoms with Crippen LogP contribution in [0.4, 0.5) is 0 Å². The van der Waals surface area contributed by atoms with Crippen LogP contribution in [0, 0.1) is 5.92 Å². The zero-order valence-electron chi connectivity index (χ0n) is 25.9. The number of hydrogen-bond donors (Lipinski definition) is 1. The van der Waals surface area contributed by atoms with Crippen LogP contribution in [0.3, 0.4) is 0 Å². The molecule has 0 bridgehead atoms. The summed E-state index contributed by atoms with van der Waals surface area (Å²) in [5.41, 5.74) is 3.30. The second-order valence-electron chi connectivity index (χ2n) is 12.0. The Kier molecular flexibility index (Phi) is 11.7. The maximum absolute atomic E-state index is 13.8. The van der Waals surface area contributed by atoms with Crippen LogP contribution >= 0.6 is 0 Å². The predicted molar refractivity (Wildman–Crippen MR) is 165 cm³/mol. The summed E-state index contributed by atoms with van der Waals surface area (Å²) in [6.45, 7) is 6.01. The van der Waals surface area contributed by atoms with Gasteiger partial charge in [-0.25, -0.2) is 0 Å². The van der Waals surface area contributed by atoms with E-state index in [1.54, 1.807) is 7.11 Å². The number of para-hydroxylation sites is 1. The Balaban J connectivity index is 1.56. The number of nitrogens with zero attached hydrogens (tertiary/aromatic N) is 3. The number of aliphatic carboxylic acids is 1. The molecule has 0 saturated carbocycles. The van der Waals surface area contributed by atoms with E-state index in [1.807, 2.05) is 35.2 Å². The summed E-state index contributed by atoms with van der Waals surface area (Å²) >= 11 is 0. The van der Waals surface area contributed by atoms with Gasteiger partial charge in [-0.3, -0.25) is 14.5 Å². The number of ether oxygens (including phenoxy) is 2. The molecule has 0 spiro atoms. The van der Waals surface area contributed by atoms with E-state index in [0.717, 1.165) is 86.3 Å². The number of unbranched alkanes of at least 4 members (excludes halogenated alkanes) is 1. The van der Waals surface area contributed by atoms with Crippen molar-refractivity contribution < 1.29 is 24.2 Å². The number of aryl methyl sites for hydroxylation is 1. The van der Waals surface area contributed by atoms with Gasteiger partial charge in [-0.05, 0) is 81.6 Å². The summed E-state index contributed by atoms with van der Waals surface area (Å²) < 4.78 is 11.3. The Labute approximate surface area is 251 Å². The average Bonchev–Trinajstić information content (AvgIpc) is 3.59. The Morgan fingerprint density at radius 3 is 2.60 bits per heavy atom. The van der Waals surface area contributed by atoms with Crippen molar-refractivity contribution in [1.82, 2.24) is 14.7 Å². The lowest BCUT2D eigenvalue weighted by Gasteiger charge is -2.30. The largest absolute Gasteiger partial charge is 0.496 e. The van der Waals surface area contributed by atoms with E-state index < -0.39 is 11.9 Å². The van der Waals surface area contributed by atoms with Gasteiger partial charge in [0, 0.05) is 38.0 Å². The van der Waals surface area contributed by atoms with Gasteiger partial charge in [0.2, 0.25) is 5.91 Å². The maximum Gasteiger partial charge on any atom is 0.308 e. The van der Waals surface area contributed by atoms with E-state index in [1.165, 1.54) is 0 Å². The third kappa shape index (κ3) is 8.04. The lowest BCUT2D eigenvalue weighted by atomic mass is 9.83. The van der Waals surface area contributed by atoms with Gasteiger partial charge >= 0.3 is 5.97 Å². The zero-order chi connectivity index (χ0) is 30.1. The summed E-state index contributed by atoms with van der Waals surface area (Å²) in [6, 6.07) is 13.9. The normalized spacial score (nSPS) is 20.0. The first-order chi connectivity index (χ1) is 20.3. The van der Waals surface area contributed by atoms with Crippen LogP contribution in [0.2, 0.25) is 0 Å². The van der Waals surface area contributed by atoms with Crippen molar-refractivity contribution in [2.75, 3.05) is 60.5 Å². The lowest BCUT2D eigenvalue weighted by molar-refractivity contribution is -0.143. The number of carbonyl (C=O) groups excluding carboxylic acids is 1. The summed E-state index contributed by atoms with van der Waals surface area (Å²) in [5, 5.41) is 10.6. The number of benzene rings is 2. The Morgan fingerprint density at radius 2 is 1.86 bits per heavy atom. The molecule has 3 atom stereocenters. The maximum atomic E-state index is 13.8. The molecule has 8 heteroatoms. The quantitative estimate of drug-likeness (QED) is 0.309. The van der Waals surface area contributed by atoms with Crippen LogP contribution in [0.5, 0.6) is 11.5 Å². The van der Waals surface area contributed by atoms with Crippen molar-refractivity contribution in [3.05, 3.63) is 59.2 Å². The number of methoxy groups -OCH3 is 1. The van der Waals surface area contributed by atoms with Crippen molar-refractivity contribution in [3.8, 4) is 11.5 Å². The van der Waals surface area contributed by atoms with Gasteiger partial charge in [0.25, 0.3) is 0 Å². The van der Waals surface area contributed by atoms with E-state index in [4.69, 9.17) is 9.47 Å². The molecule has 8 nitrogen and oxygen atoms in total. The second kappa shape index (κ2) is 15.4. The fraction of sp³-hybridized carbons (Fsp3) is 0.588. The molecule has 2 heterocycles. The van der Waals surface area contributed by atoms with Gasteiger partial charge in [0.1, 0.15) is 11.5 Å². The van der Waals surface area contributed by atoms with E-state index in [2.05, 4.69) is 43.0 Å². The minimum absolute atomic E-state index is 0.101. The lowest BCUT2D eigenvalue weighted by Crippen LogP contribution is -2.45. The van der Waals surface area contributed by atoms with Gasteiger partial charge in [-0.1, -0.05) is 43.7 Å². The molecule has 0 unspecified atom stereocenters.